The zero-order valence-electron chi connectivity index (χ0n) is 51.0. The predicted molar refractivity (Wildman–Crippen MR) is 348 cm³/mol. The van der Waals surface area contributed by atoms with Crippen LogP contribution in [-0.4, -0.2) is 37.2 Å². The van der Waals surface area contributed by atoms with Gasteiger partial charge in [0.25, 0.3) is 0 Å². The topological polar surface area (TPSA) is 78.9 Å². The molecule has 0 fully saturated rings. The van der Waals surface area contributed by atoms with E-state index in [0.717, 1.165) is 167 Å². The molecule has 0 spiro atoms. The molecule has 80 heavy (non-hydrogen) atoms. The molecule has 0 N–H and O–H groups in total. The van der Waals surface area contributed by atoms with E-state index >= 15 is 0 Å². The van der Waals surface area contributed by atoms with E-state index in [-0.39, 0.29) is 37.5 Å². The average molecular weight is 1100 g/mol. The van der Waals surface area contributed by atoms with Gasteiger partial charge in [0.2, 0.25) is 0 Å². The van der Waals surface area contributed by atoms with Gasteiger partial charge in [-0.3, -0.25) is 14.4 Å². The molecule has 0 radical (unpaired) electrons. The van der Waals surface area contributed by atoms with Crippen LogP contribution in [0, 0.1) is 0 Å². The number of rotatable bonds is 55. The van der Waals surface area contributed by atoms with E-state index in [9.17, 15) is 14.4 Å². The fourth-order valence-corrected chi connectivity index (χ4v) is 7.92. The summed E-state index contributed by atoms with van der Waals surface area (Å²) < 4.78 is 16.8. The van der Waals surface area contributed by atoms with Crippen molar-refractivity contribution in [1.82, 2.24) is 0 Å². The minimum atomic E-state index is -0.831. The number of carbonyl (C=O) groups excluding carboxylic acids is 3. The number of esters is 3. The molecule has 0 saturated heterocycles. The first-order valence-corrected chi connectivity index (χ1v) is 31.8. The minimum absolute atomic E-state index is 0.121. The van der Waals surface area contributed by atoms with Crippen molar-refractivity contribution in [2.24, 2.45) is 0 Å². The van der Waals surface area contributed by atoms with Crippen molar-refractivity contribution in [2.75, 3.05) is 13.2 Å². The van der Waals surface area contributed by atoms with E-state index in [0.29, 0.717) is 19.3 Å². The van der Waals surface area contributed by atoms with Gasteiger partial charge in [-0.2, -0.15) is 0 Å². The Balaban J connectivity index is 4.44. The van der Waals surface area contributed by atoms with E-state index < -0.39 is 6.10 Å². The number of carbonyl (C=O) groups is 3. The molecule has 6 nitrogen and oxygen atoms in total. The molecule has 0 aromatic carbocycles. The molecule has 0 aliphatic rings. The Kier molecular flexibility index (Phi) is 61.5. The lowest BCUT2D eigenvalue weighted by Gasteiger charge is -2.18. The number of unbranched alkanes of at least 4 members (excludes halogenated alkanes) is 14. The number of ether oxygens (including phenoxy) is 3. The fourth-order valence-electron chi connectivity index (χ4n) is 7.92. The van der Waals surface area contributed by atoms with Gasteiger partial charge in [0.1, 0.15) is 13.2 Å². The summed E-state index contributed by atoms with van der Waals surface area (Å²) in [6.45, 7) is 6.28. The summed E-state index contributed by atoms with van der Waals surface area (Å²) in [5, 5.41) is 0. The van der Waals surface area contributed by atoms with Crippen LogP contribution in [0.4, 0.5) is 0 Å². The summed E-state index contributed by atoms with van der Waals surface area (Å²) in [5.41, 5.74) is 0. The first kappa shape index (κ1) is 74.5. The molecular formula is C74H114O6. The Hall–Kier alpha value is -5.49. The van der Waals surface area contributed by atoms with Crippen LogP contribution >= 0.6 is 0 Å². The summed E-state index contributed by atoms with van der Waals surface area (Å²) in [6.07, 6.45) is 99.0. The van der Waals surface area contributed by atoms with Crippen LogP contribution in [0.1, 0.15) is 245 Å². The zero-order valence-corrected chi connectivity index (χ0v) is 51.0. The van der Waals surface area contributed by atoms with Crippen LogP contribution < -0.4 is 0 Å². The Morgan fingerprint density at radius 3 is 0.800 bits per heavy atom. The Morgan fingerprint density at radius 1 is 0.263 bits per heavy atom. The highest BCUT2D eigenvalue weighted by molar-refractivity contribution is 5.71. The molecule has 0 aromatic heterocycles. The normalized spacial score (nSPS) is 13.4. The second-order valence-electron chi connectivity index (χ2n) is 20.2. The smallest absolute Gasteiger partial charge is 0.306 e. The molecule has 1 atom stereocenters. The lowest BCUT2D eigenvalue weighted by molar-refractivity contribution is -0.167. The zero-order chi connectivity index (χ0) is 57.8. The molecule has 0 saturated carbocycles. The summed E-state index contributed by atoms with van der Waals surface area (Å²) in [5.74, 6) is -1.02. The third kappa shape index (κ3) is 63.3. The van der Waals surface area contributed by atoms with Gasteiger partial charge in [-0.05, 0) is 148 Å². The van der Waals surface area contributed by atoms with E-state index in [1.807, 2.05) is 0 Å². The van der Waals surface area contributed by atoms with Crippen molar-refractivity contribution in [3.05, 3.63) is 182 Å². The molecule has 0 aliphatic heterocycles. The van der Waals surface area contributed by atoms with Gasteiger partial charge in [-0.1, -0.05) is 261 Å². The maximum atomic E-state index is 12.9. The average Bonchev–Trinajstić information content (AvgIpc) is 3.46. The quantitative estimate of drug-likeness (QED) is 0.0261. The summed E-state index contributed by atoms with van der Waals surface area (Å²) >= 11 is 0. The lowest BCUT2D eigenvalue weighted by atomic mass is 10.1. The summed E-state index contributed by atoms with van der Waals surface area (Å²) in [4.78, 5) is 38.3. The van der Waals surface area contributed by atoms with E-state index in [1.54, 1.807) is 0 Å². The van der Waals surface area contributed by atoms with Crippen LogP contribution in [0.15, 0.2) is 182 Å². The monoisotopic (exact) mass is 1100 g/mol. The molecular weight excluding hydrogens is 985 g/mol. The third-order valence-electron chi connectivity index (χ3n) is 12.6. The van der Waals surface area contributed by atoms with Crippen molar-refractivity contribution in [1.29, 1.82) is 0 Å². The standard InChI is InChI=1S/C74H114O6/c1-4-7-10-13-16-19-22-25-28-30-31-32-33-34-35-36-37-38-39-40-41-42-43-45-46-49-52-55-58-61-64-67-73(76)79-70-71(69-78-72(75)66-63-60-57-54-51-48-27-24-21-18-15-12-9-6-3)80-74(77)68-65-62-59-56-53-50-47-44-29-26-23-20-17-14-11-8-5-2/h7-8,10-11,15-20,24-29,31-32,34-35,37-38,40-41,43,45,47,50,56,59,71H,4-6,9,12-14,21-23,30,33,36,39,42,44,46,48-49,51-55,57-58,60-70H2,1-3H3/b10-7-,11-8-,18-15-,19-16-,20-17-,27-24-,28-25-,29-26-,32-31-,35-34-,38-37-,41-40-,45-43-,50-47-,59-56-. The van der Waals surface area contributed by atoms with Crippen molar-refractivity contribution in [3.63, 3.8) is 0 Å². The van der Waals surface area contributed by atoms with E-state index in [4.69, 9.17) is 14.2 Å². The Bertz CT molecular complexity index is 1890. The maximum Gasteiger partial charge on any atom is 0.306 e. The van der Waals surface area contributed by atoms with E-state index in [1.165, 1.54) is 32.1 Å². The van der Waals surface area contributed by atoms with Gasteiger partial charge < -0.3 is 14.2 Å². The highest BCUT2D eigenvalue weighted by Crippen LogP contribution is 2.13. The highest BCUT2D eigenvalue weighted by atomic mass is 16.6. The van der Waals surface area contributed by atoms with Crippen LogP contribution in [0.2, 0.25) is 0 Å². The Morgan fingerprint density at radius 2 is 0.500 bits per heavy atom. The molecule has 0 aliphatic carbocycles. The number of hydrogen-bond acceptors (Lipinski definition) is 6. The van der Waals surface area contributed by atoms with Crippen LogP contribution in [0.3, 0.4) is 0 Å². The van der Waals surface area contributed by atoms with Crippen molar-refractivity contribution in [2.45, 2.75) is 252 Å². The van der Waals surface area contributed by atoms with Crippen molar-refractivity contribution in [3.8, 4) is 0 Å². The maximum absolute atomic E-state index is 12.9. The second-order valence-corrected chi connectivity index (χ2v) is 20.2. The molecule has 446 valence electrons. The van der Waals surface area contributed by atoms with Crippen molar-refractivity contribution >= 4 is 17.9 Å². The predicted octanol–water partition coefficient (Wildman–Crippen LogP) is 22.0. The molecule has 1 unspecified atom stereocenters. The Labute approximate surface area is 491 Å². The molecule has 0 aromatic rings. The van der Waals surface area contributed by atoms with Gasteiger partial charge in [0, 0.05) is 19.3 Å². The molecule has 0 amide bonds. The molecule has 0 bridgehead atoms. The van der Waals surface area contributed by atoms with Crippen LogP contribution in [0.5, 0.6) is 0 Å². The number of allylic oxidation sites excluding steroid dienone is 30. The van der Waals surface area contributed by atoms with Gasteiger partial charge in [0.05, 0.1) is 0 Å². The number of hydrogen-bond donors (Lipinski definition) is 0. The summed E-state index contributed by atoms with van der Waals surface area (Å²) in [7, 11) is 0. The van der Waals surface area contributed by atoms with Gasteiger partial charge in [-0.15, -0.1) is 0 Å². The largest absolute Gasteiger partial charge is 0.462 e. The van der Waals surface area contributed by atoms with Crippen LogP contribution in [-0.2, 0) is 28.6 Å². The first-order valence-electron chi connectivity index (χ1n) is 31.8. The second kappa shape index (κ2) is 66.0. The van der Waals surface area contributed by atoms with Gasteiger partial charge in [0.15, 0.2) is 6.10 Å². The fraction of sp³-hybridized carbons (Fsp3) is 0.554. The SMILES string of the molecule is CC/C=C\C/C=C\C/C=C\C/C=C\C/C=C\C/C=C\C/C=C\C/C=C\CCCCCCCCC(=O)OCC(COC(=O)CCCCCCC/C=C\C/C=C\CCCC)OC(=O)CCC/C=C\C/C=C\C/C=C\C/C=C\C/C=C\CC. The molecule has 0 heterocycles. The van der Waals surface area contributed by atoms with Gasteiger partial charge >= 0.3 is 17.9 Å². The van der Waals surface area contributed by atoms with Crippen molar-refractivity contribution < 1.29 is 28.6 Å². The highest BCUT2D eigenvalue weighted by Gasteiger charge is 2.19. The summed E-state index contributed by atoms with van der Waals surface area (Å²) in [6, 6.07) is 0. The van der Waals surface area contributed by atoms with Crippen LogP contribution in [0.25, 0.3) is 0 Å². The minimum Gasteiger partial charge on any atom is -0.462 e. The van der Waals surface area contributed by atoms with Gasteiger partial charge in [-0.25, -0.2) is 0 Å². The third-order valence-corrected chi connectivity index (χ3v) is 12.6. The lowest BCUT2D eigenvalue weighted by Crippen LogP contribution is -2.30. The first-order chi connectivity index (χ1) is 39.5. The van der Waals surface area contributed by atoms with E-state index in [2.05, 4.69) is 203 Å². The molecule has 0 rings (SSSR count). The molecule has 6 heteroatoms.